The van der Waals surface area contributed by atoms with E-state index >= 15 is 0 Å². The molecule has 2 aliphatic heterocycles. The Hall–Kier alpha value is -0.980. The first-order chi connectivity index (χ1) is 8.22. The lowest BCUT2D eigenvalue weighted by molar-refractivity contribution is -0.380. The monoisotopic (exact) mass is 253 g/mol. The number of likely N-dealkylation sites (tertiary alicyclic amines) is 1. The first kappa shape index (κ1) is 11.1. The Morgan fingerprint density at radius 1 is 1.41 bits per heavy atom. The molecule has 0 amide bonds. The van der Waals surface area contributed by atoms with Crippen molar-refractivity contribution in [2.45, 2.75) is 6.54 Å². The van der Waals surface area contributed by atoms with Crippen molar-refractivity contribution in [1.29, 1.82) is 0 Å². The summed E-state index contributed by atoms with van der Waals surface area (Å²) in [6.07, 6.45) is 0. The van der Waals surface area contributed by atoms with E-state index < -0.39 is 0 Å². The molecule has 3 rings (SSSR count). The van der Waals surface area contributed by atoms with Crippen LogP contribution in [0.3, 0.4) is 0 Å². The van der Waals surface area contributed by atoms with Crippen molar-refractivity contribution in [2.24, 2.45) is 11.8 Å². The highest BCUT2D eigenvalue weighted by Gasteiger charge is 2.35. The van der Waals surface area contributed by atoms with E-state index in [1.165, 1.54) is 11.3 Å². The Morgan fingerprint density at radius 3 is 2.71 bits per heavy atom. The van der Waals surface area contributed by atoms with Gasteiger partial charge >= 0.3 is 5.00 Å². The fourth-order valence-electron chi connectivity index (χ4n) is 2.85. The molecule has 17 heavy (non-hydrogen) atoms. The Kier molecular flexibility index (Phi) is 2.85. The number of nitrogens with one attached hydrogen (secondary N) is 1. The van der Waals surface area contributed by atoms with Crippen molar-refractivity contribution in [2.75, 3.05) is 26.2 Å². The Labute approximate surface area is 104 Å². The van der Waals surface area contributed by atoms with Crippen LogP contribution in [0.25, 0.3) is 0 Å². The standard InChI is InChI=1S/C11H15N3O2S/c15-14(16)11-2-1-10(17-11)7-13-5-8-3-12-4-9(8)6-13/h1-2,8-9,12H,3-7H2/t8-,9+. The number of hydrogen-bond acceptors (Lipinski definition) is 5. The molecule has 2 atom stereocenters. The highest BCUT2D eigenvalue weighted by molar-refractivity contribution is 7.15. The lowest BCUT2D eigenvalue weighted by Gasteiger charge is -2.15. The molecule has 0 spiro atoms. The van der Waals surface area contributed by atoms with E-state index in [0.29, 0.717) is 0 Å². The summed E-state index contributed by atoms with van der Waals surface area (Å²) < 4.78 is 0. The van der Waals surface area contributed by atoms with E-state index in [4.69, 9.17) is 0 Å². The maximum Gasteiger partial charge on any atom is 0.324 e. The molecule has 0 saturated carbocycles. The molecule has 1 N–H and O–H groups in total. The van der Waals surface area contributed by atoms with Gasteiger partial charge in [-0.3, -0.25) is 15.0 Å². The van der Waals surface area contributed by atoms with Gasteiger partial charge in [-0.05, 0) is 31.0 Å². The van der Waals surface area contributed by atoms with Crippen LogP contribution in [0.2, 0.25) is 0 Å². The summed E-state index contributed by atoms with van der Waals surface area (Å²) in [5.41, 5.74) is 0. The number of nitro groups is 1. The van der Waals surface area contributed by atoms with Crippen molar-refractivity contribution < 1.29 is 4.92 Å². The molecule has 3 heterocycles. The zero-order valence-corrected chi connectivity index (χ0v) is 10.3. The van der Waals surface area contributed by atoms with E-state index in [0.717, 1.165) is 49.4 Å². The van der Waals surface area contributed by atoms with E-state index in [1.807, 2.05) is 6.07 Å². The molecule has 0 aliphatic carbocycles. The molecule has 2 fully saturated rings. The normalized spacial score (nSPS) is 28.5. The minimum absolute atomic E-state index is 0.251. The predicted molar refractivity (Wildman–Crippen MR) is 66.1 cm³/mol. The fourth-order valence-corrected chi connectivity index (χ4v) is 3.71. The molecule has 1 aromatic rings. The first-order valence-electron chi connectivity index (χ1n) is 5.88. The summed E-state index contributed by atoms with van der Waals surface area (Å²) in [4.78, 5) is 13.8. The molecule has 2 aliphatic rings. The Bertz CT molecular complexity index is 422. The summed E-state index contributed by atoms with van der Waals surface area (Å²) in [7, 11) is 0. The second-order valence-electron chi connectivity index (χ2n) is 4.87. The van der Waals surface area contributed by atoms with Gasteiger partial charge in [-0.1, -0.05) is 11.3 Å². The minimum Gasteiger partial charge on any atom is -0.316 e. The predicted octanol–water partition coefficient (Wildman–Crippen LogP) is 1.31. The van der Waals surface area contributed by atoms with Gasteiger partial charge in [0, 0.05) is 30.6 Å². The summed E-state index contributed by atoms with van der Waals surface area (Å²) in [5, 5.41) is 14.3. The van der Waals surface area contributed by atoms with Crippen LogP contribution in [0, 0.1) is 22.0 Å². The van der Waals surface area contributed by atoms with Gasteiger partial charge in [0.25, 0.3) is 0 Å². The van der Waals surface area contributed by atoms with Crippen LogP contribution < -0.4 is 5.32 Å². The van der Waals surface area contributed by atoms with Crippen molar-refractivity contribution >= 4 is 16.3 Å². The quantitative estimate of drug-likeness (QED) is 0.652. The summed E-state index contributed by atoms with van der Waals surface area (Å²) in [5.74, 6) is 1.56. The number of nitrogens with zero attached hydrogens (tertiary/aromatic N) is 2. The van der Waals surface area contributed by atoms with Gasteiger partial charge in [0.1, 0.15) is 0 Å². The number of rotatable bonds is 3. The van der Waals surface area contributed by atoms with Crippen LogP contribution in [-0.4, -0.2) is 36.0 Å². The van der Waals surface area contributed by atoms with Crippen molar-refractivity contribution in [3.63, 3.8) is 0 Å². The average Bonchev–Trinajstić information content (AvgIpc) is 2.91. The maximum absolute atomic E-state index is 10.6. The molecule has 2 saturated heterocycles. The van der Waals surface area contributed by atoms with Crippen LogP contribution >= 0.6 is 11.3 Å². The minimum atomic E-state index is -0.309. The highest BCUT2D eigenvalue weighted by Crippen LogP contribution is 2.30. The third-order valence-corrected chi connectivity index (χ3v) is 4.69. The maximum atomic E-state index is 10.6. The van der Waals surface area contributed by atoms with Gasteiger partial charge in [0.05, 0.1) is 4.92 Å². The molecule has 6 heteroatoms. The van der Waals surface area contributed by atoms with E-state index in [-0.39, 0.29) is 9.92 Å². The van der Waals surface area contributed by atoms with E-state index in [9.17, 15) is 10.1 Å². The molecule has 0 aromatic carbocycles. The largest absolute Gasteiger partial charge is 0.324 e. The molecule has 1 aromatic heterocycles. The molecule has 0 unspecified atom stereocenters. The topological polar surface area (TPSA) is 58.4 Å². The molecular weight excluding hydrogens is 238 g/mol. The van der Waals surface area contributed by atoms with Gasteiger partial charge < -0.3 is 5.32 Å². The molecule has 0 bridgehead atoms. The fraction of sp³-hybridized carbons (Fsp3) is 0.636. The summed E-state index contributed by atoms with van der Waals surface area (Å²) in [6.45, 7) is 5.38. The lowest BCUT2D eigenvalue weighted by Crippen LogP contribution is -2.24. The SMILES string of the molecule is O=[N+]([O-])c1ccc(CN2C[C@H]3CNC[C@H]3C2)s1. The highest BCUT2D eigenvalue weighted by atomic mass is 32.1. The van der Waals surface area contributed by atoms with Crippen LogP contribution in [0.4, 0.5) is 5.00 Å². The van der Waals surface area contributed by atoms with Crippen molar-refractivity contribution in [3.8, 4) is 0 Å². The first-order valence-corrected chi connectivity index (χ1v) is 6.70. The molecule has 5 nitrogen and oxygen atoms in total. The van der Waals surface area contributed by atoms with E-state index in [2.05, 4.69) is 10.2 Å². The Balaban J connectivity index is 1.61. The molecule has 92 valence electrons. The van der Waals surface area contributed by atoms with Crippen LogP contribution in [0.5, 0.6) is 0 Å². The average molecular weight is 253 g/mol. The van der Waals surface area contributed by atoms with Crippen molar-refractivity contribution in [1.82, 2.24) is 10.2 Å². The summed E-state index contributed by atoms with van der Waals surface area (Å²) in [6, 6.07) is 3.49. The van der Waals surface area contributed by atoms with Gasteiger partial charge in [-0.25, -0.2) is 0 Å². The third-order valence-electron chi connectivity index (χ3n) is 3.67. The number of hydrogen-bond donors (Lipinski definition) is 1. The second kappa shape index (κ2) is 4.36. The van der Waals surface area contributed by atoms with Crippen LogP contribution in [-0.2, 0) is 6.54 Å². The summed E-state index contributed by atoms with van der Waals surface area (Å²) >= 11 is 1.30. The lowest BCUT2D eigenvalue weighted by atomic mass is 10.0. The van der Waals surface area contributed by atoms with Gasteiger partial charge in [-0.15, -0.1) is 0 Å². The third kappa shape index (κ3) is 2.20. The van der Waals surface area contributed by atoms with Crippen LogP contribution in [0.15, 0.2) is 12.1 Å². The second-order valence-corrected chi connectivity index (χ2v) is 6.02. The Morgan fingerprint density at radius 2 is 2.12 bits per heavy atom. The van der Waals surface area contributed by atoms with Gasteiger partial charge in [0.15, 0.2) is 0 Å². The number of fused-ring (bicyclic) bond motifs is 1. The van der Waals surface area contributed by atoms with E-state index in [1.54, 1.807) is 6.07 Å². The molecular formula is C11H15N3O2S. The van der Waals surface area contributed by atoms with Crippen LogP contribution in [0.1, 0.15) is 4.88 Å². The van der Waals surface area contributed by atoms with Crippen molar-refractivity contribution in [3.05, 3.63) is 27.1 Å². The van der Waals surface area contributed by atoms with Gasteiger partial charge in [0.2, 0.25) is 0 Å². The zero-order valence-electron chi connectivity index (χ0n) is 9.46. The van der Waals surface area contributed by atoms with Gasteiger partial charge in [-0.2, -0.15) is 0 Å². The molecule has 0 radical (unpaired) electrons. The number of thiophene rings is 1. The smallest absolute Gasteiger partial charge is 0.316 e. The zero-order chi connectivity index (χ0) is 11.8.